The van der Waals surface area contributed by atoms with E-state index >= 15 is 0 Å². The van der Waals surface area contributed by atoms with Crippen molar-refractivity contribution in [1.29, 1.82) is 0 Å². The van der Waals surface area contributed by atoms with E-state index in [9.17, 15) is 9.59 Å². The predicted octanol–water partition coefficient (Wildman–Crippen LogP) is 3.22. The molecule has 4 nitrogen and oxygen atoms in total. The lowest BCUT2D eigenvalue weighted by Gasteiger charge is -2.06. The summed E-state index contributed by atoms with van der Waals surface area (Å²) in [5, 5.41) is 2.65. The molecule has 2 rings (SSSR count). The van der Waals surface area contributed by atoms with E-state index in [2.05, 4.69) is 21.2 Å². The van der Waals surface area contributed by atoms with Crippen molar-refractivity contribution >= 4 is 39.0 Å². The Balaban J connectivity index is 2.26. The second-order valence-corrected chi connectivity index (χ2v) is 5.28. The highest BCUT2D eigenvalue weighted by Crippen LogP contribution is 2.20. The van der Waals surface area contributed by atoms with E-state index in [4.69, 9.17) is 5.73 Å². The molecule has 3 N–H and O–H groups in total. The second kappa shape index (κ2) is 5.88. The number of benzene rings is 2. The van der Waals surface area contributed by atoms with Crippen LogP contribution in [0.4, 0.5) is 11.4 Å². The molecule has 1 amide bonds. The van der Waals surface area contributed by atoms with Crippen molar-refractivity contribution in [3.63, 3.8) is 0 Å². The zero-order valence-electron chi connectivity index (χ0n) is 10.8. The molecule has 20 heavy (non-hydrogen) atoms. The van der Waals surface area contributed by atoms with Crippen molar-refractivity contribution in [3.8, 4) is 0 Å². The van der Waals surface area contributed by atoms with Gasteiger partial charge in [0.05, 0.1) is 0 Å². The zero-order valence-corrected chi connectivity index (χ0v) is 12.4. The Morgan fingerprint density at radius 3 is 2.25 bits per heavy atom. The van der Waals surface area contributed by atoms with Gasteiger partial charge in [0.1, 0.15) is 0 Å². The van der Waals surface area contributed by atoms with Gasteiger partial charge in [-0.15, -0.1) is 0 Å². The summed E-state index contributed by atoms with van der Waals surface area (Å²) >= 11 is 3.31. The second-order valence-electron chi connectivity index (χ2n) is 4.36. The number of amides is 1. The maximum absolute atomic E-state index is 12.3. The molecule has 0 unspecified atom stereocenters. The van der Waals surface area contributed by atoms with Gasteiger partial charge in [-0.3, -0.25) is 9.59 Å². The Labute approximate surface area is 125 Å². The first kappa shape index (κ1) is 14.3. The fourth-order valence-corrected chi connectivity index (χ4v) is 2.33. The van der Waals surface area contributed by atoms with E-state index < -0.39 is 0 Å². The molecule has 0 aliphatic carbocycles. The third-order valence-electron chi connectivity index (χ3n) is 2.65. The van der Waals surface area contributed by atoms with Gasteiger partial charge in [-0.25, -0.2) is 0 Å². The minimum absolute atomic E-state index is 0.118. The summed E-state index contributed by atoms with van der Waals surface area (Å²) in [6, 6.07) is 11.8. The first-order valence-corrected chi connectivity index (χ1v) is 6.73. The van der Waals surface area contributed by atoms with E-state index in [1.807, 2.05) is 0 Å². The molecule has 0 heterocycles. The maximum atomic E-state index is 12.3. The number of rotatable bonds is 3. The molecule has 0 aromatic heterocycles. The van der Waals surface area contributed by atoms with E-state index in [1.54, 1.807) is 42.5 Å². The smallest absolute Gasteiger partial charge is 0.221 e. The van der Waals surface area contributed by atoms with Gasteiger partial charge in [0.2, 0.25) is 5.91 Å². The topological polar surface area (TPSA) is 72.2 Å². The van der Waals surface area contributed by atoms with Gasteiger partial charge in [-0.05, 0) is 42.5 Å². The minimum atomic E-state index is -0.149. The summed E-state index contributed by atoms with van der Waals surface area (Å²) in [4.78, 5) is 23.3. The molecule has 0 fully saturated rings. The number of nitrogen functional groups attached to an aromatic ring is 1. The lowest BCUT2D eigenvalue weighted by molar-refractivity contribution is -0.114. The van der Waals surface area contributed by atoms with Crippen molar-refractivity contribution in [2.45, 2.75) is 6.92 Å². The van der Waals surface area contributed by atoms with Crippen LogP contribution in [0.15, 0.2) is 46.9 Å². The minimum Gasteiger partial charge on any atom is -0.399 e. The number of halogens is 1. The van der Waals surface area contributed by atoms with Gasteiger partial charge >= 0.3 is 0 Å². The first-order valence-electron chi connectivity index (χ1n) is 5.94. The summed E-state index contributed by atoms with van der Waals surface area (Å²) in [6.45, 7) is 1.43. The van der Waals surface area contributed by atoms with Crippen LogP contribution >= 0.6 is 15.9 Å². The van der Waals surface area contributed by atoms with Crippen LogP contribution in [-0.2, 0) is 4.79 Å². The van der Waals surface area contributed by atoms with Crippen LogP contribution in [0.25, 0.3) is 0 Å². The van der Waals surface area contributed by atoms with Crippen LogP contribution in [-0.4, -0.2) is 11.7 Å². The number of hydrogen-bond acceptors (Lipinski definition) is 3. The summed E-state index contributed by atoms with van der Waals surface area (Å²) in [7, 11) is 0. The molecule has 2 aromatic carbocycles. The van der Waals surface area contributed by atoms with Crippen molar-refractivity contribution in [3.05, 3.63) is 58.1 Å². The van der Waals surface area contributed by atoms with Crippen LogP contribution in [0.5, 0.6) is 0 Å². The van der Waals surface area contributed by atoms with E-state index in [-0.39, 0.29) is 11.7 Å². The third kappa shape index (κ3) is 3.45. The third-order valence-corrected chi connectivity index (χ3v) is 3.11. The van der Waals surface area contributed by atoms with Crippen LogP contribution in [0.2, 0.25) is 0 Å². The molecule has 0 bridgehead atoms. The average Bonchev–Trinajstić information content (AvgIpc) is 2.37. The number of anilines is 2. The Kier molecular flexibility index (Phi) is 4.20. The molecular weight excluding hydrogens is 320 g/mol. The summed E-state index contributed by atoms with van der Waals surface area (Å²) in [5.41, 5.74) is 7.96. The molecule has 0 radical (unpaired) electrons. The SMILES string of the molecule is CC(=O)Nc1ccc(C(=O)c2cc(N)cc(Br)c2)cc1. The standard InChI is InChI=1S/C15H13BrN2O2/c1-9(19)18-14-4-2-10(3-5-14)15(20)11-6-12(16)8-13(17)7-11/h2-8H,17H2,1H3,(H,18,19). The lowest BCUT2D eigenvalue weighted by Crippen LogP contribution is -2.06. The average molecular weight is 333 g/mol. The monoisotopic (exact) mass is 332 g/mol. The van der Waals surface area contributed by atoms with Crippen molar-refractivity contribution in [2.24, 2.45) is 0 Å². The highest BCUT2D eigenvalue weighted by Gasteiger charge is 2.10. The van der Waals surface area contributed by atoms with Crippen LogP contribution in [0, 0.1) is 0 Å². The molecule has 0 aliphatic rings. The number of ketones is 1. The van der Waals surface area contributed by atoms with Crippen molar-refractivity contribution in [2.75, 3.05) is 11.1 Å². The predicted molar refractivity (Wildman–Crippen MR) is 82.7 cm³/mol. The van der Waals surface area contributed by atoms with Crippen molar-refractivity contribution < 1.29 is 9.59 Å². The molecule has 0 atom stereocenters. The quantitative estimate of drug-likeness (QED) is 0.669. The highest BCUT2D eigenvalue weighted by atomic mass is 79.9. The Morgan fingerprint density at radius 2 is 1.70 bits per heavy atom. The number of hydrogen-bond donors (Lipinski definition) is 2. The normalized spacial score (nSPS) is 10.1. The van der Waals surface area contributed by atoms with Gasteiger partial charge in [-0.1, -0.05) is 15.9 Å². The lowest BCUT2D eigenvalue weighted by atomic mass is 10.0. The number of nitrogens with two attached hydrogens (primary N) is 1. The van der Waals surface area contributed by atoms with Crippen LogP contribution < -0.4 is 11.1 Å². The van der Waals surface area contributed by atoms with Crippen molar-refractivity contribution in [1.82, 2.24) is 0 Å². The molecule has 2 aromatic rings. The number of carbonyl (C=O) groups is 2. The molecule has 5 heteroatoms. The Morgan fingerprint density at radius 1 is 1.05 bits per heavy atom. The highest BCUT2D eigenvalue weighted by molar-refractivity contribution is 9.10. The summed E-state index contributed by atoms with van der Waals surface area (Å²) in [6.07, 6.45) is 0. The largest absolute Gasteiger partial charge is 0.399 e. The Hall–Kier alpha value is -2.14. The van der Waals surface area contributed by atoms with Gasteiger partial charge in [-0.2, -0.15) is 0 Å². The van der Waals surface area contributed by atoms with Gasteiger partial charge in [0.25, 0.3) is 0 Å². The van der Waals surface area contributed by atoms with Gasteiger partial charge in [0, 0.05) is 33.9 Å². The molecule has 0 spiro atoms. The van der Waals surface area contributed by atoms with Crippen LogP contribution in [0.1, 0.15) is 22.8 Å². The number of nitrogens with one attached hydrogen (secondary N) is 1. The number of carbonyl (C=O) groups excluding carboxylic acids is 2. The van der Waals surface area contributed by atoms with Crippen LogP contribution in [0.3, 0.4) is 0 Å². The summed E-state index contributed by atoms with van der Waals surface area (Å²) in [5.74, 6) is -0.267. The van der Waals surface area contributed by atoms with E-state index in [0.717, 1.165) is 4.47 Å². The Bertz CT molecular complexity index is 646. The molecular formula is C15H13BrN2O2. The fraction of sp³-hybridized carbons (Fsp3) is 0.0667. The van der Waals surface area contributed by atoms with Gasteiger partial charge < -0.3 is 11.1 Å². The van der Waals surface area contributed by atoms with Gasteiger partial charge in [0.15, 0.2) is 5.78 Å². The van der Waals surface area contributed by atoms with E-state index in [1.165, 1.54) is 6.92 Å². The van der Waals surface area contributed by atoms with E-state index in [0.29, 0.717) is 22.5 Å². The molecule has 0 saturated carbocycles. The first-order chi connectivity index (χ1) is 9.45. The molecule has 0 aliphatic heterocycles. The molecule has 102 valence electrons. The molecule has 0 saturated heterocycles. The maximum Gasteiger partial charge on any atom is 0.221 e. The summed E-state index contributed by atoms with van der Waals surface area (Å²) < 4.78 is 0.760. The zero-order chi connectivity index (χ0) is 14.7. The fourth-order valence-electron chi connectivity index (χ4n) is 1.82.